The predicted molar refractivity (Wildman–Crippen MR) is 96.5 cm³/mol. The van der Waals surface area contributed by atoms with E-state index in [4.69, 9.17) is 4.74 Å². The molecule has 27 heavy (non-hydrogen) atoms. The molecule has 2 aromatic heterocycles. The number of hydrogen-bond donors (Lipinski definition) is 0. The maximum Gasteiger partial charge on any atom is 0.316 e. The van der Waals surface area contributed by atoms with Crippen LogP contribution in [0.5, 0.6) is 6.01 Å². The Morgan fingerprint density at radius 3 is 2.52 bits per heavy atom. The fraction of sp³-hybridized carbons (Fsp3) is 0.588. The van der Waals surface area contributed by atoms with Crippen molar-refractivity contribution in [2.24, 2.45) is 0 Å². The Morgan fingerprint density at radius 2 is 1.93 bits per heavy atom. The molecule has 2 aromatic rings. The number of halogens is 1. The monoisotopic (exact) mass is 397 g/mol. The van der Waals surface area contributed by atoms with E-state index in [1.807, 2.05) is 13.8 Å². The number of hydrogen-bond acceptors (Lipinski definition) is 6. The minimum atomic E-state index is -3.70. The third-order valence-corrected chi connectivity index (χ3v) is 6.67. The number of ether oxygens (including phenoxy) is 1. The normalized spacial score (nSPS) is 18.8. The molecular weight excluding hydrogens is 373 g/mol. The lowest BCUT2D eigenvalue weighted by Crippen LogP contribution is -2.44. The number of aryl methyl sites for hydroxylation is 1. The third kappa shape index (κ3) is 3.96. The van der Waals surface area contributed by atoms with Gasteiger partial charge >= 0.3 is 6.01 Å². The van der Waals surface area contributed by atoms with Gasteiger partial charge in [0.05, 0.1) is 30.3 Å². The zero-order chi connectivity index (χ0) is 19.8. The van der Waals surface area contributed by atoms with Gasteiger partial charge in [0.1, 0.15) is 11.0 Å². The van der Waals surface area contributed by atoms with Crippen molar-refractivity contribution >= 4 is 10.0 Å². The molecule has 1 aliphatic rings. The molecular formula is C17H24FN5O3S. The van der Waals surface area contributed by atoms with Crippen molar-refractivity contribution < 1.29 is 17.5 Å². The molecule has 8 nitrogen and oxygen atoms in total. The van der Waals surface area contributed by atoms with Gasteiger partial charge in [0.15, 0.2) is 5.82 Å². The Morgan fingerprint density at radius 1 is 1.26 bits per heavy atom. The van der Waals surface area contributed by atoms with Crippen LogP contribution >= 0.6 is 0 Å². The van der Waals surface area contributed by atoms with E-state index in [1.54, 1.807) is 18.5 Å². The first kappa shape index (κ1) is 19.7. The van der Waals surface area contributed by atoms with E-state index in [0.717, 1.165) is 12.4 Å². The molecule has 0 saturated carbocycles. The van der Waals surface area contributed by atoms with E-state index in [0.29, 0.717) is 30.8 Å². The van der Waals surface area contributed by atoms with Crippen molar-refractivity contribution in [3.8, 4) is 6.01 Å². The fourth-order valence-corrected chi connectivity index (χ4v) is 5.25. The number of aromatic nitrogens is 4. The first-order chi connectivity index (χ1) is 12.7. The smallest absolute Gasteiger partial charge is 0.316 e. The van der Waals surface area contributed by atoms with E-state index in [9.17, 15) is 12.8 Å². The largest absolute Gasteiger partial charge is 0.459 e. The number of nitrogens with zero attached hydrogens (tertiary/aromatic N) is 5. The van der Waals surface area contributed by atoms with E-state index >= 15 is 0 Å². The highest BCUT2D eigenvalue weighted by Crippen LogP contribution is 2.28. The van der Waals surface area contributed by atoms with Crippen molar-refractivity contribution in [1.29, 1.82) is 0 Å². The average Bonchev–Trinajstić information content (AvgIpc) is 2.92. The molecule has 10 heteroatoms. The van der Waals surface area contributed by atoms with Crippen molar-refractivity contribution in [1.82, 2.24) is 24.1 Å². The van der Waals surface area contributed by atoms with Crippen LogP contribution in [0, 0.1) is 19.7 Å². The Hall–Kier alpha value is -2.07. The molecule has 0 unspecified atom stereocenters. The summed E-state index contributed by atoms with van der Waals surface area (Å²) < 4.78 is 48.2. The average molecular weight is 397 g/mol. The second-order valence-corrected chi connectivity index (χ2v) is 8.84. The van der Waals surface area contributed by atoms with Gasteiger partial charge in [-0.1, -0.05) is 0 Å². The van der Waals surface area contributed by atoms with Crippen molar-refractivity contribution in [2.75, 3.05) is 13.1 Å². The Balaban J connectivity index is 1.82. The van der Waals surface area contributed by atoms with Gasteiger partial charge in [-0.2, -0.15) is 9.40 Å². The van der Waals surface area contributed by atoms with Crippen LogP contribution in [0.3, 0.4) is 0 Å². The predicted octanol–water partition coefficient (Wildman–Crippen LogP) is 2.24. The quantitative estimate of drug-likeness (QED) is 0.769. The summed E-state index contributed by atoms with van der Waals surface area (Å²) in [5.41, 5.74) is 1.12. The van der Waals surface area contributed by atoms with Crippen LogP contribution in [0.15, 0.2) is 17.3 Å². The summed E-state index contributed by atoms with van der Waals surface area (Å²) in [6.45, 7) is 8.01. The molecule has 0 radical (unpaired) electrons. The van der Waals surface area contributed by atoms with Gasteiger partial charge in [0.25, 0.3) is 0 Å². The molecule has 148 valence electrons. The Bertz CT molecular complexity index is 911. The van der Waals surface area contributed by atoms with Gasteiger partial charge < -0.3 is 4.74 Å². The second kappa shape index (κ2) is 7.51. The molecule has 0 aromatic carbocycles. The van der Waals surface area contributed by atoms with E-state index < -0.39 is 15.8 Å². The first-order valence-corrected chi connectivity index (χ1v) is 10.3. The summed E-state index contributed by atoms with van der Waals surface area (Å²) in [6, 6.07) is 0.112. The van der Waals surface area contributed by atoms with Gasteiger partial charge in [-0.15, -0.1) is 0 Å². The lowest BCUT2D eigenvalue weighted by Gasteiger charge is -2.31. The lowest BCUT2D eigenvalue weighted by molar-refractivity contribution is 0.119. The molecule has 0 spiro atoms. The molecule has 1 saturated heterocycles. The summed E-state index contributed by atoms with van der Waals surface area (Å²) >= 11 is 0. The molecule has 3 rings (SSSR count). The molecule has 1 fully saturated rings. The van der Waals surface area contributed by atoms with Gasteiger partial charge in [-0.3, -0.25) is 4.68 Å². The number of piperidine rings is 1. The second-order valence-electron chi connectivity index (χ2n) is 6.97. The molecule has 1 atom stereocenters. The Kier molecular flexibility index (Phi) is 5.48. The van der Waals surface area contributed by atoms with Crippen LogP contribution in [0.25, 0.3) is 0 Å². The summed E-state index contributed by atoms with van der Waals surface area (Å²) in [4.78, 5) is 7.82. The van der Waals surface area contributed by atoms with E-state index in [2.05, 4.69) is 15.1 Å². The van der Waals surface area contributed by atoms with Crippen LogP contribution < -0.4 is 4.74 Å². The summed E-state index contributed by atoms with van der Waals surface area (Å²) in [7, 11) is -3.70. The topological polar surface area (TPSA) is 90.2 Å². The zero-order valence-electron chi connectivity index (χ0n) is 15.9. The highest BCUT2D eigenvalue weighted by atomic mass is 32.2. The minimum absolute atomic E-state index is 0.0423. The highest BCUT2D eigenvalue weighted by molar-refractivity contribution is 7.89. The zero-order valence-corrected chi connectivity index (χ0v) is 16.7. The SMILES string of the molecule is Cc1nn(C(C)C)c(C)c1S(=O)(=O)N1CCC[C@@H](Oc2ncc(F)cn2)C1. The highest BCUT2D eigenvalue weighted by Gasteiger charge is 2.35. The van der Waals surface area contributed by atoms with E-state index in [1.165, 1.54) is 4.31 Å². The fourth-order valence-electron chi connectivity index (χ4n) is 3.38. The van der Waals surface area contributed by atoms with E-state index in [-0.39, 0.29) is 29.6 Å². The molecule has 0 N–H and O–H groups in total. The van der Waals surface area contributed by atoms with Gasteiger partial charge in [0.2, 0.25) is 10.0 Å². The van der Waals surface area contributed by atoms with Crippen LogP contribution in [-0.4, -0.2) is 51.7 Å². The molecule has 3 heterocycles. The number of sulfonamides is 1. The summed E-state index contributed by atoms with van der Waals surface area (Å²) in [6.07, 6.45) is 2.98. The van der Waals surface area contributed by atoms with Crippen molar-refractivity contribution in [3.63, 3.8) is 0 Å². The van der Waals surface area contributed by atoms with Crippen LogP contribution in [0.4, 0.5) is 4.39 Å². The van der Waals surface area contributed by atoms with Gasteiger partial charge in [0, 0.05) is 12.6 Å². The Labute approximate surface area is 158 Å². The number of rotatable bonds is 5. The van der Waals surface area contributed by atoms with Crippen LogP contribution in [0.1, 0.15) is 44.1 Å². The first-order valence-electron chi connectivity index (χ1n) is 8.90. The third-order valence-electron chi connectivity index (χ3n) is 4.56. The van der Waals surface area contributed by atoms with Crippen LogP contribution in [0.2, 0.25) is 0 Å². The van der Waals surface area contributed by atoms with Gasteiger partial charge in [-0.25, -0.2) is 22.8 Å². The van der Waals surface area contributed by atoms with Crippen LogP contribution in [-0.2, 0) is 10.0 Å². The van der Waals surface area contributed by atoms with Gasteiger partial charge in [-0.05, 0) is 40.5 Å². The van der Waals surface area contributed by atoms with Crippen molar-refractivity contribution in [2.45, 2.75) is 57.6 Å². The maximum atomic E-state index is 13.2. The standard InChI is InChI=1S/C17H24FN5O3S/c1-11(2)23-13(4)16(12(3)21-23)27(24,25)22-7-5-6-15(10-22)26-17-19-8-14(18)9-20-17/h8-9,11,15H,5-7,10H2,1-4H3/t15-/m1/s1. The lowest BCUT2D eigenvalue weighted by atomic mass is 10.1. The molecule has 0 amide bonds. The summed E-state index contributed by atoms with van der Waals surface area (Å²) in [5.74, 6) is -0.552. The molecule has 0 aliphatic carbocycles. The van der Waals surface area contributed by atoms with Crippen molar-refractivity contribution in [3.05, 3.63) is 29.6 Å². The molecule has 0 bridgehead atoms. The maximum absolute atomic E-state index is 13.2. The summed E-state index contributed by atoms with van der Waals surface area (Å²) in [5, 5.41) is 4.39. The minimum Gasteiger partial charge on any atom is -0.459 e. The molecule has 1 aliphatic heterocycles.